The fourth-order valence-corrected chi connectivity index (χ4v) is 3.64. The topological polar surface area (TPSA) is 97.0 Å². The average molecular weight is 468 g/mol. The van der Waals surface area contributed by atoms with Gasteiger partial charge in [0.05, 0.1) is 26.2 Å². The van der Waals surface area contributed by atoms with E-state index < -0.39 is 12.0 Å². The number of amides is 2. The Bertz CT molecular complexity index is 933. The molecule has 2 N–H and O–H groups in total. The Morgan fingerprint density at radius 3 is 2.59 bits per heavy atom. The van der Waals surface area contributed by atoms with Gasteiger partial charge in [-0.3, -0.25) is 14.4 Å². The van der Waals surface area contributed by atoms with Gasteiger partial charge in [-0.15, -0.1) is 0 Å². The summed E-state index contributed by atoms with van der Waals surface area (Å²) in [7, 11) is 0. The molecule has 0 aromatic heterocycles. The number of carbonyl (C=O) groups excluding carboxylic acids is 3. The molecule has 8 heteroatoms. The maximum atomic E-state index is 12.8. The number of esters is 1. The van der Waals surface area contributed by atoms with E-state index in [0.717, 1.165) is 30.7 Å². The highest BCUT2D eigenvalue weighted by molar-refractivity contribution is 5.93. The van der Waals surface area contributed by atoms with Gasteiger partial charge >= 0.3 is 5.97 Å². The van der Waals surface area contributed by atoms with Crippen LogP contribution >= 0.6 is 0 Å². The van der Waals surface area contributed by atoms with E-state index in [9.17, 15) is 14.4 Å². The quantitative estimate of drug-likeness (QED) is 0.368. The summed E-state index contributed by atoms with van der Waals surface area (Å²) < 4.78 is 11.0. The molecular weight excluding hydrogens is 434 g/mol. The van der Waals surface area contributed by atoms with Gasteiger partial charge in [0.25, 0.3) is 0 Å². The Morgan fingerprint density at radius 2 is 1.85 bits per heavy atom. The lowest BCUT2D eigenvalue weighted by Gasteiger charge is -2.34. The van der Waals surface area contributed by atoms with Gasteiger partial charge in [0.1, 0.15) is 11.8 Å². The molecule has 1 saturated heterocycles. The monoisotopic (exact) mass is 467 g/mol. The number of hydrogen-bond acceptors (Lipinski definition) is 6. The number of hydrogen-bond donors (Lipinski definition) is 2. The first kappa shape index (κ1) is 25.1. The molecule has 1 aliphatic rings. The second-order valence-electron chi connectivity index (χ2n) is 8.13. The third-order valence-corrected chi connectivity index (χ3v) is 5.57. The van der Waals surface area contributed by atoms with Crippen LogP contribution < -0.4 is 15.4 Å². The standard InChI is InChI=1S/C26H33N3O5/c1-2-3-16-34-25(31)18-23-26(32)27-14-15-29(23)24(30)19-28-21-9-11-22(12-10-21)33-17-13-20-7-5-4-6-8-20/h4-12,23,28H,2-3,13-19H2,1H3,(H,27,32). The molecule has 0 bridgehead atoms. The second kappa shape index (κ2) is 13.2. The highest BCUT2D eigenvalue weighted by Gasteiger charge is 2.34. The molecule has 0 spiro atoms. The molecular formula is C26H33N3O5. The van der Waals surface area contributed by atoms with E-state index in [1.54, 1.807) is 0 Å². The third-order valence-electron chi connectivity index (χ3n) is 5.57. The maximum Gasteiger partial charge on any atom is 0.308 e. The van der Waals surface area contributed by atoms with Crippen LogP contribution in [0.15, 0.2) is 54.6 Å². The Morgan fingerprint density at radius 1 is 1.09 bits per heavy atom. The number of nitrogens with zero attached hydrogens (tertiary/aromatic N) is 1. The third kappa shape index (κ3) is 7.79. The van der Waals surface area contributed by atoms with Crippen LogP contribution in [-0.4, -0.2) is 61.6 Å². The molecule has 1 atom stereocenters. The normalized spacial score (nSPS) is 15.4. The van der Waals surface area contributed by atoms with E-state index in [0.29, 0.717) is 26.3 Å². The van der Waals surface area contributed by atoms with Crippen molar-refractivity contribution >= 4 is 23.5 Å². The lowest BCUT2D eigenvalue weighted by atomic mass is 10.1. The van der Waals surface area contributed by atoms with E-state index >= 15 is 0 Å². The number of unbranched alkanes of at least 4 members (excludes halogenated alkanes) is 1. The van der Waals surface area contributed by atoms with Crippen LogP contribution in [0.5, 0.6) is 5.75 Å². The minimum Gasteiger partial charge on any atom is -0.493 e. The smallest absolute Gasteiger partial charge is 0.308 e. The van der Waals surface area contributed by atoms with Crippen molar-refractivity contribution < 1.29 is 23.9 Å². The van der Waals surface area contributed by atoms with Crippen molar-refractivity contribution in [3.05, 3.63) is 60.2 Å². The van der Waals surface area contributed by atoms with Crippen LogP contribution in [0.3, 0.4) is 0 Å². The first-order valence-corrected chi connectivity index (χ1v) is 11.8. The fourth-order valence-electron chi connectivity index (χ4n) is 3.64. The van der Waals surface area contributed by atoms with Crippen LogP contribution in [0, 0.1) is 0 Å². The van der Waals surface area contributed by atoms with Gasteiger partial charge in [-0.05, 0) is 36.2 Å². The zero-order valence-electron chi connectivity index (χ0n) is 19.6. The van der Waals surface area contributed by atoms with Gasteiger partial charge in [-0.1, -0.05) is 43.7 Å². The zero-order chi connectivity index (χ0) is 24.2. The summed E-state index contributed by atoms with van der Waals surface area (Å²) in [5.41, 5.74) is 1.99. The highest BCUT2D eigenvalue weighted by atomic mass is 16.5. The molecule has 1 fully saturated rings. The fraction of sp³-hybridized carbons (Fsp3) is 0.423. The van der Waals surface area contributed by atoms with Crippen molar-refractivity contribution in [3.8, 4) is 5.75 Å². The average Bonchev–Trinajstić information content (AvgIpc) is 2.85. The zero-order valence-corrected chi connectivity index (χ0v) is 19.6. The number of benzene rings is 2. The van der Waals surface area contributed by atoms with Crippen LogP contribution in [0.4, 0.5) is 5.69 Å². The number of carbonyl (C=O) groups is 3. The molecule has 2 amide bonds. The van der Waals surface area contributed by atoms with Crippen molar-refractivity contribution in [2.75, 3.05) is 38.2 Å². The predicted molar refractivity (Wildman–Crippen MR) is 130 cm³/mol. The minimum absolute atomic E-state index is 0.0167. The molecule has 0 aliphatic carbocycles. The van der Waals surface area contributed by atoms with Gasteiger partial charge in [0.2, 0.25) is 11.8 Å². The van der Waals surface area contributed by atoms with E-state index in [2.05, 4.69) is 22.8 Å². The summed E-state index contributed by atoms with van der Waals surface area (Å²) >= 11 is 0. The number of piperazine rings is 1. The van der Waals surface area contributed by atoms with Crippen molar-refractivity contribution in [3.63, 3.8) is 0 Å². The van der Waals surface area contributed by atoms with Gasteiger partial charge in [0, 0.05) is 25.2 Å². The predicted octanol–water partition coefficient (Wildman–Crippen LogP) is 2.78. The largest absolute Gasteiger partial charge is 0.493 e. The lowest BCUT2D eigenvalue weighted by molar-refractivity contribution is -0.151. The lowest BCUT2D eigenvalue weighted by Crippen LogP contribution is -2.58. The first-order chi connectivity index (χ1) is 16.6. The number of rotatable bonds is 12. The van der Waals surface area contributed by atoms with Gasteiger partial charge < -0.3 is 25.0 Å². The summed E-state index contributed by atoms with van der Waals surface area (Å²) in [6, 6.07) is 16.7. The van der Waals surface area contributed by atoms with Crippen molar-refractivity contribution in [2.45, 2.75) is 38.6 Å². The maximum absolute atomic E-state index is 12.8. The van der Waals surface area contributed by atoms with Gasteiger partial charge in [-0.25, -0.2) is 0 Å². The Hall–Kier alpha value is -3.55. The SMILES string of the molecule is CCCCOC(=O)CC1C(=O)NCCN1C(=O)CNc1ccc(OCCc2ccccc2)cc1. The highest BCUT2D eigenvalue weighted by Crippen LogP contribution is 2.17. The molecule has 3 rings (SSSR count). The Labute approximate surface area is 200 Å². The molecule has 0 radical (unpaired) electrons. The van der Waals surface area contributed by atoms with Crippen molar-refractivity contribution in [1.29, 1.82) is 0 Å². The molecule has 1 unspecified atom stereocenters. The molecule has 2 aromatic carbocycles. The Balaban J connectivity index is 1.46. The van der Waals surface area contributed by atoms with Crippen LogP contribution in [0.1, 0.15) is 31.7 Å². The van der Waals surface area contributed by atoms with E-state index in [4.69, 9.17) is 9.47 Å². The van der Waals surface area contributed by atoms with E-state index in [1.165, 1.54) is 10.5 Å². The number of anilines is 1. The van der Waals surface area contributed by atoms with Crippen molar-refractivity contribution in [1.82, 2.24) is 10.2 Å². The van der Waals surface area contributed by atoms with Crippen LogP contribution in [-0.2, 0) is 25.5 Å². The van der Waals surface area contributed by atoms with Crippen molar-refractivity contribution in [2.24, 2.45) is 0 Å². The van der Waals surface area contributed by atoms with Crippen LogP contribution in [0.25, 0.3) is 0 Å². The molecule has 1 aliphatic heterocycles. The molecule has 1 heterocycles. The number of ether oxygens (including phenoxy) is 2. The summed E-state index contributed by atoms with van der Waals surface area (Å²) in [4.78, 5) is 38.7. The number of nitrogens with one attached hydrogen (secondary N) is 2. The van der Waals surface area contributed by atoms with E-state index in [-0.39, 0.29) is 24.8 Å². The van der Waals surface area contributed by atoms with Gasteiger partial charge in [-0.2, -0.15) is 0 Å². The molecule has 0 saturated carbocycles. The second-order valence-corrected chi connectivity index (χ2v) is 8.13. The Kier molecular flexibility index (Phi) is 9.76. The summed E-state index contributed by atoms with van der Waals surface area (Å²) in [5.74, 6) is -0.292. The summed E-state index contributed by atoms with van der Waals surface area (Å²) in [6.45, 7) is 3.64. The summed E-state index contributed by atoms with van der Waals surface area (Å²) in [6.07, 6.45) is 2.36. The first-order valence-electron chi connectivity index (χ1n) is 11.8. The van der Waals surface area contributed by atoms with Gasteiger partial charge in [0.15, 0.2) is 0 Å². The molecule has 8 nitrogen and oxygen atoms in total. The van der Waals surface area contributed by atoms with Crippen LogP contribution in [0.2, 0.25) is 0 Å². The molecule has 34 heavy (non-hydrogen) atoms. The molecule has 182 valence electrons. The molecule has 2 aromatic rings. The van der Waals surface area contributed by atoms with E-state index in [1.807, 2.05) is 49.4 Å². The summed E-state index contributed by atoms with van der Waals surface area (Å²) in [5, 5.41) is 5.81. The minimum atomic E-state index is -0.849.